The van der Waals surface area contributed by atoms with Gasteiger partial charge in [0.25, 0.3) is 11.8 Å². The van der Waals surface area contributed by atoms with Gasteiger partial charge in [-0.25, -0.2) is 10.3 Å². The summed E-state index contributed by atoms with van der Waals surface area (Å²) in [5, 5.41) is 0.541. The van der Waals surface area contributed by atoms with Crippen LogP contribution in [0.25, 0.3) is 0 Å². The number of nitrogens with zero attached hydrogens (tertiary/aromatic N) is 3. The minimum Gasteiger partial charge on any atom is -0.347 e. The second-order valence-electron chi connectivity index (χ2n) is 5.55. The summed E-state index contributed by atoms with van der Waals surface area (Å²) >= 11 is 0. The second kappa shape index (κ2) is 6.88. The van der Waals surface area contributed by atoms with Gasteiger partial charge in [-0.05, 0) is 12.8 Å². The molecule has 2 bridgehead atoms. The van der Waals surface area contributed by atoms with Gasteiger partial charge in [-0.15, -0.1) is 4.28 Å². The van der Waals surface area contributed by atoms with Crippen molar-refractivity contribution in [3.8, 4) is 0 Å². The number of rotatable bonds is 6. The van der Waals surface area contributed by atoms with Crippen molar-refractivity contribution >= 4 is 28.2 Å². The molecule has 0 radical (unpaired) electrons. The number of carbonyl (C=O) groups excluding carboxylic acids is 3. The summed E-state index contributed by atoms with van der Waals surface area (Å²) in [5.74, 6) is -0.994. The zero-order valence-electron chi connectivity index (χ0n) is 13.0. The van der Waals surface area contributed by atoms with Gasteiger partial charge in [0.15, 0.2) is 6.61 Å². The van der Waals surface area contributed by atoms with E-state index in [-0.39, 0.29) is 25.5 Å². The molecule has 136 valence electrons. The first-order valence-corrected chi connectivity index (χ1v) is 8.35. The number of amides is 4. The number of nitrogens with one attached hydrogen (secondary N) is 1. The summed E-state index contributed by atoms with van der Waals surface area (Å²) in [6.07, 6.45) is 0.547. The molecule has 0 spiro atoms. The number of fused-ring (bicyclic) bond motifs is 2. The highest BCUT2D eigenvalue weighted by Crippen LogP contribution is 2.30. The number of hydrogen-bond acceptors (Lipinski definition) is 7. The Balaban J connectivity index is 1.93. The number of hydrogen-bond donors (Lipinski definition) is 2. The zero-order chi connectivity index (χ0) is 18.1. The first kappa shape index (κ1) is 18.4. The molecule has 0 aromatic rings. The second-order valence-corrected chi connectivity index (χ2v) is 6.56. The number of urea groups is 1. The minimum absolute atomic E-state index is 0.0725. The molecule has 2 rings (SSSR count). The molecule has 2 saturated heterocycles. The molecule has 2 heterocycles. The van der Waals surface area contributed by atoms with Crippen LogP contribution in [0.15, 0.2) is 0 Å². The Hall–Kier alpha value is -1.96. The topological polar surface area (TPSA) is 146 Å². The Labute approximate surface area is 138 Å². The predicted octanol–water partition coefficient (Wildman–Crippen LogP) is -1.87. The number of likely N-dealkylation sites (N-methyl/N-ethyl adjacent to an activating group) is 1. The van der Waals surface area contributed by atoms with Crippen molar-refractivity contribution in [2.75, 3.05) is 27.2 Å². The Morgan fingerprint density at radius 2 is 2.04 bits per heavy atom. The summed E-state index contributed by atoms with van der Waals surface area (Å²) in [6.45, 7) is -0.289. The summed E-state index contributed by atoms with van der Waals surface area (Å²) in [5.41, 5.74) is 2.10. The highest BCUT2D eigenvalue weighted by atomic mass is 32.3. The van der Waals surface area contributed by atoms with E-state index in [1.54, 1.807) is 0 Å². The van der Waals surface area contributed by atoms with Gasteiger partial charge in [0, 0.05) is 20.6 Å². The van der Waals surface area contributed by atoms with E-state index >= 15 is 0 Å². The van der Waals surface area contributed by atoms with Crippen molar-refractivity contribution in [3.63, 3.8) is 0 Å². The molecule has 13 heteroatoms. The first-order valence-electron chi connectivity index (χ1n) is 6.99. The van der Waals surface area contributed by atoms with Crippen molar-refractivity contribution in [2.24, 2.45) is 0 Å². The van der Waals surface area contributed by atoms with Crippen molar-refractivity contribution in [3.05, 3.63) is 0 Å². The molecular formula is C11H18N4O8S. The van der Waals surface area contributed by atoms with Gasteiger partial charge in [-0.2, -0.15) is 13.5 Å². The van der Waals surface area contributed by atoms with E-state index < -0.39 is 34.4 Å². The monoisotopic (exact) mass is 366 g/mol. The summed E-state index contributed by atoms with van der Waals surface area (Å²) in [6, 6.07) is -2.32. The minimum atomic E-state index is -4.84. The molecule has 0 aromatic heterocycles. The largest absolute Gasteiger partial charge is 0.418 e. The van der Waals surface area contributed by atoms with Gasteiger partial charge in [0.05, 0.1) is 6.04 Å². The number of carbonyl (C=O) groups is 3. The lowest BCUT2D eigenvalue weighted by Gasteiger charge is -2.28. The number of piperidine rings is 1. The van der Waals surface area contributed by atoms with E-state index in [0.717, 1.165) is 4.90 Å². The molecule has 0 saturated carbocycles. The molecule has 2 N–H and O–H groups in total. The third-order valence-electron chi connectivity index (χ3n) is 3.67. The van der Waals surface area contributed by atoms with Gasteiger partial charge in [0.2, 0.25) is 0 Å². The van der Waals surface area contributed by atoms with Gasteiger partial charge < -0.3 is 9.80 Å². The standard InChI is InChI=1S/C11H18N4O8S/c1-13(2)9(16)6-22-12-10(17)8-4-3-7-5-14(8)11(18)15(7)23-24(19,20)21/h7-8H,3-6H2,1-2H3,(H,12,17)(H,19,20,21)/t7-,8+/m1/s1. The molecule has 24 heavy (non-hydrogen) atoms. The molecule has 2 fully saturated rings. The summed E-state index contributed by atoms with van der Waals surface area (Å²) in [7, 11) is -1.78. The Morgan fingerprint density at radius 1 is 1.38 bits per heavy atom. The van der Waals surface area contributed by atoms with Crippen LogP contribution in [0.1, 0.15) is 12.8 Å². The Morgan fingerprint density at radius 3 is 2.62 bits per heavy atom. The lowest BCUT2D eigenvalue weighted by Crippen LogP contribution is -2.50. The summed E-state index contributed by atoms with van der Waals surface area (Å²) < 4.78 is 34.5. The maximum Gasteiger partial charge on any atom is 0.418 e. The average molecular weight is 366 g/mol. The third-order valence-corrected chi connectivity index (χ3v) is 4.02. The van der Waals surface area contributed by atoms with Crippen molar-refractivity contribution in [1.82, 2.24) is 20.3 Å². The lowest BCUT2D eigenvalue weighted by molar-refractivity contribution is -0.146. The van der Waals surface area contributed by atoms with Crippen LogP contribution in [-0.4, -0.2) is 85.0 Å². The van der Waals surface area contributed by atoms with Gasteiger partial charge in [0.1, 0.15) is 6.04 Å². The average Bonchev–Trinajstić information content (AvgIpc) is 2.70. The van der Waals surface area contributed by atoms with Crippen LogP contribution >= 0.6 is 0 Å². The maximum atomic E-state index is 12.1. The van der Waals surface area contributed by atoms with Gasteiger partial charge in [-0.1, -0.05) is 0 Å². The van der Waals surface area contributed by atoms with Crippen molar-refractivity contribution in [2.45, 2.75) is 24.9 Å². The highest BCUT2D eigenvalue weighted by Gasteiger charge is 2.49. The van der Waals surface area contributed by atoms with Gasteiger partial charge in [-0.3, -0.25) is 19.0 Å². The molecule has 2 aliphatic heterocycles. The normalized spacial score (nSPS) is 23.4. The molecule has 0 aliphatic carbocycles. The van der Waals surface area contributed by atoms with Crippen LogP contribution in [0.4, 0.5) is 4.79 Å². The fraction of sp³-hybridized carbons (Fsp3) is 0.727. The lowest BCUT2D eigenvalue weighted by atomic mass is 10.0. The van der Waals surface area contributed by atoms with Crippen LogP contribution in [-0.2, 0) is 29.1 Å². The Kier molecular flexibility index (Phi) is 5.27. The van der Waals surface area contributed by atoms with Crippen LogP contribution in [0.5, 0.6) is 0 Å². The van der Waals surface area contributed by atoms with Crippen LogP contribution < -0.4 is 5.48 Å². The third kappa shape index (κ3) is 4.11. The zero-order valence-corrected chi connectivity index (χ0v) is 13.9. The van der Waals surface area contributed by atoms with E-state index in [0.29, 0.717) is 11.5 Å². The molecule has 0 aromatic carbocycles. The van der Waals surface area contributed by atoms with E-state index in [9.17, 15) is 22.8 Å². The van der Waals surface area contributed by atoms with E-state index in [1.807, 2.05) is 0 Å². The predicted molar refractivity (Wildman–Crippen MR) is 76.2 cm³/mol. The molecule has 4 amide bonds. The first-order chi connectivity index (χ1) is 11.1. The van der Waals surface area contributed by atoms with Crippen LogP contribution in [0, 0.1) is 0 Å². The van der Waals surface area contributed by atoms with Crippen molar-refractivity contribution < 1.29 is 36.5 Å². The van der Waals surface area contributed by atoms with Gasteiger partial charge >= 0.3 is 16.4 Å². The molecule has 0 unspecified atom stereocenters. The fourth-order valence-corrected chi connectivity index (χ4v) is 2.86. The molecule has 12 nitrogen and oxygen atoms in total. The molecular weight excluding hydrogens is 348 g/mol. The fourth-order valence-electron chi connectivity index (χ4n) is 2.47. The van der Waals surface area contributed by atoms with E-state index in [2.05, 4.69) is 9.76 Å². The molecule has 2 aliphatic rings. The Bertz CT molecular complexity index is 636. The smallest absolute Gasteiger partial charge is 0.347 e. The van der Waals surface area contributed by atoms with E-state index in [1.165, 1.54) is 19.0 Å². The van der Waals surface area contributed by atoms with Crippen LogP contribution in [0.3, 0.4) is 0 Å². The van der Waals surface area contributed by atoms with Crippen LogP contribution in [0.2, 0.25) is 0 Å². The quantitative estimate of drug-likeness (QED) is 0.410. The SMILES string of the molecule is CN(C)C(=O)CONC(=O)[C@@H]1CC[C@@H]2CN1C(=O)N2OS(=O)(=O)O. The molecule has 2 atom stereocenters. The summed E-state index contributed by atoms with van der Waals surface area (Å²) in [4.78, 5) is 42.8. The number of hydroxylamine groups is 3. The van der Waals surface area contributed by atoms with E-state index in [4.69, 9.17) is 9.39 Å². The highest BCUT2D eigenvalue weighted by molar-refractivity contribution is 7.80. The van der Waals surface area contributed by atoms with Crippen molar-refractivity contribution in [1.29, 1.82) is 0 Å². The maximum absolute atomic E-state index is 12.1.